The van der Waals surface area contributed by atoms with Gasteiger partial charge in [0.25, 0.3) is 0 Å². The molecule has 4 aromatic rings. The minimum atomic E-state index is -0.582. The third-order valence-corrected chi connectivity index (χ3v) is 5.86. The van der Waals surface area contributed by atoms with Crippen molar-refractivity contribution in [2.24, 2.45) is 0 Å². The molecule has 0 saturated heterocycles. The summed E-state index contributed by atoms with van der Waals surface area (Å²) in [6.07, 6.45) is 0. The zero-order valence-corrected chi connectivity index (χ0v) is 20.3. The summed E-state index contributed by atoms with van der Waals surface area (Å²) < 4.78 is 10.8. The van der Waals surface area contributed by atoms with Crippen LogP contribution in [0.2, 0.25) is 20.1 Å². The number of rotatable bonds is 5. The Bertz CT molecular complexity index is 1260. The molecule has 0 aromatic heterocycles. The van der Waals surface area contributed by atoms with E-state index < -0.39 is 11.9 Å². The Morgan fingerprint density at radius 3 is 1.18 bits per heavy atom. The maximum Gasteiger partial charge on any atom is 0.345 e. The monoisotopic (exact) mass is 530 g/mol. The van der Waals surface area contributed by atoms with Crippen LogP contribution in [0.4, 0.5) is 0 Å². The van der Waals surface area contributed by atoms with Gasteiger partial charge in [0.1, 0.15) is 11.5 Å². The fourth-order valence-corrected chi connectivity index (χ4v) is 4.04. The van der Waals surface area contributed by atoms with Crippen molar-refractivity contribution in [1.29, 1.82) is 0 Å². The Morgan fingerprint density at radius 2 is 0.853 bits per heavy atom. The molecule has 4 nitrogen and oxygen atoms in total. The van der Waals surface area contributed by atoms with Gasteiger partial charge in [-0.05, 0) is 71.8 Å². The summed E-state index contributed by atoms with van der Waals surface area (Å²) in [4.78, 5) is 24.7. The normalized spacial score (nSPS) is 10.6. The van der Waals surface area contributed by atoms with Gasteiger partial charge in [-0.25, -0.2) is 9.59 Å². The van der Waals surface area contributed by atoms with Crippen LogP contribution < -0.4 is 9.47 Å². The van der Waals surface area contributed by atoms with Gasteiger partial charge < -0.3 is 9.47 Å². The lowest BCUT2D eigenvalue weighted by Crippen LogP contribution is -2.09. The average Bonchev–Trinajstić information content (AvgIpc) is 2.80. The van der Waals surface area contributed by atoms with E-state index in [0.29, 0.717) is 21.5 Å². The summed E-state index contributed by atoms with van der Waals surface area (Å²) in [5, 5.41) is 1.29. The zero-order chi connectivity index (χ0) is 24.2. The molecule has 0 atom stereocenters. The van der Waals surface area contributed by atoms with Crippen molar-refractivity contribution in [3.63, 3.8) is 0 Å². The topological polar surface area (TPSA) is 52.6 Å². The molecular formula is C26H14Cl4O4. The van der Waals surface area contributed by atoms with E-state index in [1.165, 1.54) is 24.3 Å². The number of carbonyl (C=O) groups is 2. The second-order valence-electron chi connectivity index (χ2n) is 7.08. The minimum Gasteiger partial charge on any atom is -0.423 e. The molecule has 4 aromatic carbocycles. The molecule has 8 heteroatoms. The first-order chi connectivity index (χ1) is 16.3. The first-order valence-corrected chi connectivity index (χ1v) is 11.4. The molecule has 0 aliphatic rings. The number of halogens is 4. The summed E-state index contributed by atoms with van der Waals surface area (Å²) in [6.45, 7) is 0. The van der Waals surface area contributed by atoms with Crippen molar-refractivity contribution in [2.75, 3.05) is 0 Å². The summed E-state index contributed by atoms with van der Waals surface area (Å²) >= 11 is 23.8. The standard InChI is InChI=1S/C26H14Cl4O4/c27-17-5-11-21(23(29)13-17)25(31)33-19-7-1-15(2-8-19)16-3-9-20(10-4-16)34-26(32)22-12-6-18(28)14-24(22)30/h1-14H. The third-order valence-electron chi connectivity index (χ3n) is 4.77. The van der Waals surface area contributed by atoms with E-state index in [2.05, 4.69) is 0 Å². The van der Waals surface area contributed by atoms with E-state index in [0.717, 1.165) is 11.1 Å². The highest BCUT2D eigenvalue weighted by Crippen LogP contribution is 2.28. The predicted octanol–water partition coefficient (Wildman–Crippen LogP) is 8.41. The van der Waals surface area contributed by atoms with Crippen molar-refractivity contribution in [3.8, 4) is 22.6 Å². The van der Waals surface area contributed by atoms with Crippen molar-refractivity contribution < 1.29 is 19.1 Å². The number of benzene rings is 4. The van der Waals surface area contributed by atoms with Crippen LogP contribution >= 0.6 is 46.4 Å². The van der Waals surface area contributed by atoms with E-state index in [1.54, 1.807) is 60.7 Å². The third kappa shape index (κ3) is 5.72. The molecule has 0 N–H and O–H groups in total. The molecule has 0 aliphatic heterocycles. The minimum absolute atomic E-state index is 0.216. The van der Waals surface area contributed by atoms with Crippen LogP contribution in [0.25, 0.3) is 11.1 Å². The molecule has 0 fully saturated rings. The molecule has 0 heterocycles. The molecule has 0 unspecified atom stereocenters. The molecule has 0 spiro atoms. The molecule has 4 rings (SSSR count). The molecule has 0 radical (unpaired) electrons. The van der Waals surface area contributed by atoms with Crippen LogP contribution in [0.1, 0.15) is 20.7 Å². The predicted molar refractivity (Wildman–Crippen MR) is 135 cm³/mol. The van der Waals surface area contributed by atoms with Crippen LogP contribution in [-0.2, 0) is 0 Å². The first kappa shape index (κ1) is 24.1. The van der Waals surface area contributed by atoms with Gasteiger partial charge in [0.05, 0.1) is 21.2 Å². The van der Waals surface area contributed by atoms with Crippen molar-refractivity contribution in [2.45, 2.75) is 0 Å². The second-order valence-corrected chi connectivity index (χ2v) is 8.76. The SMILES string of the molecule is O=C(Oc1ccc(-c2ccc(OC(=O)c3ccc(Cl)cc3Cl)cc2)cc1)c1ccc(Cl)cc1Cl. The summed E-state index contributed by atoms with van der Waals surface area (Å²) in [7, 11) is 0. The van der Waals surface area contributed by atoms with Crippen LogP contribution in [0.15, 0.2) is 84.9 Å². The maximum atomic E-state index is 12.4. The van der Waals surface area contributed by atoms with Gasteiger partial charge in [0.2, 0.25) is 0 Å². The summed E-state index contributed by atoms with van der Waals surface area (Å²) in [6, 6.07) is 23.0. The second kappa shape index (κ2) is 10.5. The van der Waals surface area contributed by atoms with Crippen molar-refractivity contribution in [1.82, 2.24) is 0 Å². The average molecular weight is 532 g/mol. The number of ether oxygens (including phenoxy) is 2. The Balaban J connectivity index is 1.42. The fourth-order valence-electron chi connectivity index (χ4n) is 3.06. The van der Waals surface area contributed by atoms with E-state index in [1.807, 2.05) is 0 Å². The summed E-state index contributed by atoms with van der Waals surface area (Å²) in [5.74, 6) is -0.432. The smallest absolute Gasteiger partial charge is 0.345 e. The Labute approximate surface area is 215 Å². The molecular weight excluding hydrogens is 518 g/mol. The van der Waals surface area contributed by atoms with Crippen LogP contribution in [0.5, 0.6) is 11.5 Å². The Hall–Kier alpha value is -3.02. The lowest BCUT2D eigenvalue weighted by molar-refractivity contribution is 0.0725. The molecule has 0 amide bonds. The molecule has 0 aliphatic carbocycles. The quantitative estimate of drug-likeness (QED) is 0.191. The maximum absolute atomic E-state index is 12.4. The molecule has 34 heavy (non-hydrogen) atoms. The van der Waals surface area contributed by atoms with Gasteiger partial charge in [0, 0.05) is 10.0 Å². The van der Waals surface area contributed by atoms with E-state index in [4.69, 9.17) is 55.9 Å². The number of hydrogen-bond acceptors (Lipinski definition) is 4. The van der Waals surface area contributed by atoms with Crippen molar-refractivity contribution >= 4 is 58.3 Å². The Kier molecular flexibility index (Phi) is 7.44. The largest absolute Gasteiger partial charge is 0.423 e. The van der Waals surface area contributed by atoms with Gasteiger partial charge >= 0.3 is 11.9 Å². The first-order valence-electron chi connectivity index (χ1n) is 9.85. The number of esters is 2. The highest BCUT2D eigenvalue weighted by Gasteiger charge is 2.15. The van der Waals surface area contributed by atoms with E-state index in [9.17, 15) is 9.59 Å². The van der Waals surface area contributed by atoms with Gasteiger partial charge in [-0.1, -0.05) is 70.7 Å². The number of carbonyl (C=O) groups excluding carboxylic acids is 2. The number of hydrogen-bond donors (Lipinski definition) is 0. The summed E-state index contributed by atoms with van der Waals surface area (Å²) in [5.41, 5.74) is 2.20. The lowest BCUT2D eigenvalue weighted by Gasteiger charge is -2.09. The van der Waals surface area contributed by atoms with Crippen LogP contribution in [0, 0.1) is 0 Å². The van der Waals surface area contributed by atoms with Crippen LogP contribution in [-0.4, -0.2) is 11.9 Å². The molecule has 0 saturated carbocycles. The van der Waals surface area contributed by atoms with Crippen LogP contribution in [0.3, 0.4) is 0 Å². The molecule has 0 bridgehead atoms. The molecule has 170 valence electrons. The zero-order valence-electron chi connectivity index (χ0n) is 17.2. The lowest BCUT2D eigenvalue weighted by atomic mass is 10.1. The van der Waals surface area contributed by atoms with Gasteiger partial charge in [-0.2, -0.15) is 0 Å². The van der Waals surface area contributed by atoms with Gasteiger partial charge in [0.15, 0.2) is 0 Å². The fraction of sp³-hybridized carbons (Fsp3) is 0. The van der Waals surface area contributed by atoms with E-state index in [-0.39, 0.29) is 21.2 Å². The van der Waals surface area contributed by atoms with Crippen molar-refractivity contribution in [3.05, 3.63) is 116 Å². The van der Waals surface area contributed by atoms with Gasteiger partial charge in [-0.15, -0.1) is 0 Å². The highest BCUT2D eigenvalue weighted by atomic mass is 35.5. The van der Waals surface area contributed by atoms with Gasteiger partial charge in [-0.3, -0.25) is 0 Å². The highest BCUT2D eigenvalue weighted by molar-refractivity contribution is 6.37. The van der Waals surface area contributed by atoms with E-state index >= 15 is 0 Å². The Morgan fingerprint density at radius 1 is 0.500 bits per heavy atom.